The van der Waals surface area contributed by atoms with Gasteiger partial charge in [-0.3, -0.25) is 9.59 Å². The minimum Gasteiger partial charge on any atom is -0.481 e. The van der Waals surface area contributed by atoms with E-state index in [9.17, 15) is 18.4 Å². The Morgan fingerprint density at radius 3 is 2.65 bits per heavy atom. The first kappa shape index (κ1) is 13.1. The van der Waals surface area contributed by atoms with E-state index in [1.807, 2.05) is 0 Å². The molecule has 92 valence electrons. The van der Waals surface area contributed by atoms with E-state index in [2.05, 4.69) is 5.32 Å². The number of nitrogens with one attached hydrogen (secondary N) is 1. The summed E-state index contributed by atoms with van der Waals surface area (Å²) in [6, 6.07) is 2.56. The normalized spacial score (nSPS) is 11.9. The van der Waals surface area contributed by atoms with Crippen LogP contribution in [0.25, 0.3) is 0 Å². The van der Waals surface area contributed by atoms with Gasteiger partial charge in [0.15, 0.2) is 11.6 Å². The zero-order valence-corrected chi connectivity index (χ0v) is 9.04. The quantitative estimate of drug-likeness (QED) is 0.843. The van der Waals surface area contributed by atoms with Crippen LogP contribution in [0, 0.1) is 11.6 Å². The number of rotatable bonds is 4. The van der Waals surface area contributed by atoms with Gasteiger partial charge in [-0.1, -0.05) is 6.07 Å². The Kier molecular flexibility index (Phi) is 4.14. The Labute approximate surface area is 96.3 Å². The zero-order valence-electron chi connectivity index (χ0n) is 9.04. The van der Waals surface area contributed by atoms with Crippen molar-refractivity contribution in [3.8, 4) is 0 Å². The monoisotopic (exact) mass is 243 g/mol. The van der Waals surface area contributed by atoms with Crippen LogP contribution in [0.1, 0.15) is 23.7 Å². The van der Waals surface area contributed by atoms with Crippen LogP contribution in [-0.2, 0) is 4.79 Å². The number of hydrogen-bond acceptors (Lipinski definition) is 2. The number of carboxylic acid groups (broad SMARTS) is 1. The van der Waals surface area contributed by atoms with Crippen molar-refractivity contribution in [2.45, 2.75) is 19.4 Å². The largest absolute Gasteiger partial charge is 0.481 e. The van der Waals surface area contributed by atoms with Gasteiger partial charge in [0, 0.05) is 6.04 Å². The van der Waals surface area contributed by atoms with Gasteiger partial charge in [0.2, 0.25) is 0 Å². The van der Waals surface area contributed by atoms with Crippen LogP contribution < -0.4 is 5.32 Å². The van der Waals surface area contributed by atoms with Gasteiger partial charge in [-0.05, 0) is 19.1 Å². The second-order valence-corrected chi connectivity index (χ2v) is 3.57. The van der Waals surface area contributed by atoms with E-state index in [1.165, 1.54) is 13.0 Å². The number of carbonyl (C=O) groups excluding carboxylic acids is 1. The summed E-state index contributed by atoms with van der Waals surface area (Å²) < 4.78 is 26.1. The van der Waals surface area contributed by atoms with E-state index >= 15 is 0 Å². The fourth-order valence-electron chi connectivity index (χ4n) is 1.29. The first-order chi connectivity index (χ1) is 7.91. The average Bonchev–Trinajstić information content (AvgIpc) is 2.20. The van der Waals surface area contributed by atoms with Crippen LogP contribution in [-0.4, -0.2) is 23.0 Å². The van der Waals surface area contributed by atoms with Crippen LogP contribution in [0.2, 0.25) is 0 Å². The van der Waals surface area contributed by atoms with Crippen molar-refractivity contribution in [2.24, 2.45) is 0 Å². The molecule has 1 unspecified atom stereocenters. The summed E-state index contributed by atoms with van der Waals surface area (Å²) in [7, 11) is 0. The van der Waals surface area contributed by atoms with Crippen molar-refractivity contribution in [1.82, 2.24) is 5.32 Å². The van der Waals surface area contributed by atoms with E-state index in [4.69, 9.17) is 5.11 Å². The maximum atomic E-state index is 13.2. The Morgan fingerprint density at radius 1 is 1.41 bits per heavy atom. The number of halogens is 2. The van der Waals surface area contributed by atoms with Gasteiger partial charge in [0.1, 0.15) is 0 Å². The average molecular weight is 243 g/mol. The molecule has 4 nitrogen and oxygen atoms in total. The molecule has 0 aliphatic heterocycles. The van der Waals surface area contributed by atoms with E-state index in [-0.39, 0.29) is 6.42 Å². The maximum absolute atomic E-state index is 13.2. The second-order valence-electron chi connectivity index (χ2n) is 3.57. The van der Waals surface area contributed by atoms with Gasteiger partial charge < -0.3 is 10.4 Å². The fourth-order valence-corrected chi connectivity index (χ4v) is 1.29. The van der Waals surface area contributed by atoms with Gasteiger partial charge in [0.05, 0.1) is 12.0 Å². The fraction of sp³-hybridized carbons (Fsp3) is 0.273. The van der Waals surface area contributed by atoms with Gasteiger partial charge in [-0.15, -0.1) is 0 Å². The van der Waals surface area contributed by atoms with E-state index < -0.39 is 35.1 Å². The summed E-state index contributed by atoms with van der Waals surface area (Å²) in [6.45, 7) is 1.46. The predicted octanol–water partition coefficient (Wildman–Crippen LogP) is 1.56. The zero-order chi connectivity index (χ0) is 13.0. The Hall–Kier alpha value is -1.98. The molecule has 6 heteroatoms. The molecule has 0 aliphatic rings. The third-order valence-electron chi connectivity index (χ3n) is 2.05. The van der Waals surface area contributed by atoms with Gasteiger partial charge >= 0.3 is 5.97 Å². The second kappa shape index (κ2) is 5.38. The lowest BCUT2D eigenvalue weighted by Gasteiger charge is -2.11. The van der Waals surface area contributed by atoms with Crippen LogP contribution in [0.15, 0.2) is 18.2 Å². The highest BCUT2D eigenvalue weighted by Gasteiger charge is 2.17. The molecular formula is C11H11F2NO3. The molecule has 1 atom stereocenters. The van der Waals surface area contributed by atoms with Crippen LogP contribution in [0.3, 0.4) is 0 Å². The molecule has 0 saturated heterocycles. The number of benzene rings is 1. The molecule has 0 aliphatic carbocycles. The summed E-state index contributed by atoms with van der Waals surface area (Å²) in [6.07, 6.45) is -0.289. The smallest absolute Gasteiger partial charge is 0.305 e. The molecular weight excluding hydrogens is 232 g/mol. The molecule has 1 rings (SSSR count). The number of amides is 1. The molecule has 17 heavy (non-hydrogen) atoms. The van der Waals surface area contributed by atoms with Crippen molar-refractivity contribution in [1.29, 1.82) is 0 Å². The lowest BCUT2D eigenvalue weighted by Crippen LogP contribution is -2.34. The van der Waals surface area contributed by atoms with Crippen molar-refractivity contribution in [2.75, 3.05) is 0 Å². The minimum absolute atomic E-state index is 0.289. The number of aliphatic carboxylic acids is 1. The molecule has 0 heterocycles. The summed E-state index contributed by atoms with van der Waals surface area (Å²) in [5.41, 5.74) is -0.442. The number of carbonyl (C=O) groups is 2. The highest BCUT2D eigenvalue weighted by molar-refractivity contribution is 5.94. The highest BCUT2D eigenvalue weighted by Crippen LogP contribution is 2.11. The lowest BCUT2D eigenvalue weighted by molar-refractivity contribution is -0.137. The molecule has 0 aromatic heterocycles. The molecule has 0 fully saturated rings. The van der Waals surface area contributed by atoms with Crippen molar-refractivity contribution in [3.05, 3.63) is 35.4 Å². The van der Waals surface area contributed by atoms with Crippen molar-refractivity contribution in [3.63, 3.8) is 0 Å². The van der Waals surface area contributed by atoms with Gasteiger partial charge in [-0.25, -0.2) is 8.78 Å². The lowest BCUT2D eigenvalue weighted by atomic mass is 10.1. The third-order valence-corrected chi connectivity index (χ3v) is 2.05. The van der Waals surface area contributed by atoms with Crippen molar-refractivity contribution < 1.29 is 23.5 Å². The highest BCUT2D eigenvalue weighted by atomic mass is 19.2. The SMILES string of the molecule is CC(CC(=O)O)NC(=O)c1cccc(F)c1F. The molecule has 0 bridgehead atoms. The van der Waals surface area contributed by atoms with Crippen LogP contribution in [0.4, 0.5) is 8.78 Å². The summed E-state index contributed by atoms with van der Waals surface area (Å²) in [5.74, 6) is -4.29. The number of carboxylic acids is 1. The first-order valence-electron chi connectivity index (χ1n) is 4.88. The molecule has 2 N–H and O–H groups in total. The van der Waals surface area contributed by atoms with Gasteiger partial charge in [-0.2, -0.15) is 0 Å². The number of hydrogen-bond donors (Lipinski definition) is 2. The maximum Gasteiger partial charge on any atom is 0.305 e. The molecule has 0 spiro atoms. The molecule has 1 aromatic carbocycles. The van der Waals surface area contributed by atoms with Crippen molar-refractivity contribution >= 4 is 11.9 Å². The molecule has 0 radical (unpaired) electrons. The van der Waals surface area contributed by atoms with Crippen LogP contribution >= 0.6 is 0 Å². The topological polar surface area (TPSA) is 66.4 Å². The Morgan fingerprint density at radius 2 is 2.06 bits per heavy atom. The van der Waals surface area contributed by atoms with E-state index in [0.29, 0.717) is 0 Å². The van der Waals surface area contributed by atoms with E-state index in [1.54, 1.807) is 0 Å². The molecule has 1 amide bonds. The van der Waals surface area contributed by atoms with E-state index in [0.717, 1.165) is 12.1 Å². The predicted molar refractivity (Wildman–Crippen MR) is 55.5 cm³/mol. The van der Waals surface area contributed by atoms with Gasteiger partial charge in [0.25, 0.3) is 5.91 Å². The first-order valence-corrected chi connectivity index (χ1v) is 4.88. The molecule has 0 saturated carbocycles. The Bertz CT molecular complexity index is 448. The third kappa shape index (κ3) is 3.51. The molecule has 1 aromatic rings. The minimum atomic E-state index is -1.24. The van der Waals surface area contributed by atoms with Crippen LogP contribution in [0.5, 0.6) is 0 Å². The standard InChI is InChI=1S/C11H11F2NO3/c1-6(5-9(15)16)14-11(17)7-3-2-4-8(12)10(7)13/h2-4,6H,5H2,1H3,(H,14,17)(H,15,16). The summed E-state index contributed by atoms with van der Waals surface area (Å²) in [5, 5.41) is 10.7. The summed E-state index contributed by atoms with van der Waals surface area (Å²) in [4.78, 5) is 21.9. The summed E-state index contributed by atoms with van der Waals surface area (Å²) >= 11 is 0. The Balaban J connectivity index is 2.77.